The van der Waals surface area contributed by atoms with Gasteiger partial charge in [-0.1, -0.05) is 48.5 Å². The molecule has 0 spiro atoms. The number of hydrogen-bond acceptors (Lipinski definition) is 6. The van der Waals surface area contributed by atoms with Crippen LogP contribution in [0, 0.1) is 11.6 Å². The fourth-order valence-corrected chi connectivity index (χ4v) is 8.40. The van der Waals surface area contributed by atoms with E-state index in [1.54, 1.807) is 24.3 Å². The van der Waals surface area contributed by atoms with Gasteiger partial charge in [0.2, 0.25) is 0 Å². The van der Waals surface area contributed by atoms with Gasteiger partial charge in [-0.05, 0) is 48.9 Å². The topological polar surface area (TPSA) is 61.8 Å². The predicted octanol–water partition coefficient (Wildman–Crippen LogP) is 6.61. The molecule has 5 heterocycles. The summed E-state index contributed by atoms with van der Waals surface area (Å²) in [6, 6.07) is 11.0. The lowest BCUT2D eigenvalue weighted by Gasteiger charge is -2.47. The number of anilines is 1. The fourth-order valence-electron chi connectivity index (χ4n) is 8.11. The van der Waals surface area contributed by atoms with E-state index in [9.17, 15) is 13.6 Å². The normalized spacial score (nSPS) is 25.6. The van der Waals surface area contributed by atoms with Gasteiger partial charge in [-0.15, -0.1) is 0 Å². The summed E-state index contributed by atoms with van der Waals surface area (Å²) in [6.07, 6.45) is 1.57. The van der Waals surface area contributed by atoms with E-state index < -0.39 is 35.1 Å². The first-order valence-corrected chi connectivity index (χ1v) is 15.8. The molecule has 4 aromatic rings. The van der Waals surface area contributed by atoms with E-state index in [2.05, 4.69) is 21.4 Å². The maximum Gasteiger partial charge on any atom is 0.319 e. The molecule has 0 radical (unpaired) electrons. The number of carbonyl (C=O) groups excluding carboxylic acids is 1. The molecule has 4 saturated heterocycles. The average Bonchev–Trinajstić information content (AvgIpc) is 3.65. The molecule has 238 valence electrons. The third-order valence-corrected chi connectivity index (χ3v) is 10.6. The van der Waals surface area contributed by atoms with E-state index >= 15 is 8.78 Å². The van der Waals surface area contributed by atoms with Gasteiger partial charge in [-0.2, -0.15) is 9.97 Å². The van der Waals surface area contributed by atoms with Crippen LogP contribution in [-0.4, -0.2) is 82.3 Å². The molecule has 1 amide bonds. The second-order valence-electron chi connectivity index (χ2n) is 12.8. The zero-order chi connectivity index (χ0) is 31.9. The number of likely N-dealkylation sites (tertiary alicyclic amines) is 1. The van der Waals surface area contributed by atoms with Gasteiger partial charge in [0, 0.05) is 41.9 Å². The number of nitrogens with zero attached hydrogens (tertiary/aromatic N) is 5. The molecule has 0 aliphatic carbocycles. The van der Waals surface area contributed by atoms with Crippen molar-refractivity contribution in [3.8, 4) is 17.1 Å². The first-order valence-electron chi connectivity index (χ1n) is 15.5. The lowest BCUT2D eigenvalue weighted by molar-refractivity contribution is -0.130. The quantitative estimate of drug-likeness (QED) is 0.173. The molecule has 1 aromatic heterocycles. The van der Waals surface area contributed by atoms with Crippen molar-refractivity contribution in [3.63, 3.8) is 0 Å². The Balaban J connectivity index is 1.24. The number of benzene rings is 3. The maximum absolute atomic E-state index is 16.7. The van der Waals surface area contributed by atoms with Crippen molar-refractivity contribution in [1.29, 1.82) is 0 Å². The van der Waals surface area contributed by atoms with Gasteiger partial charge < -0.3 is 14.5 Å². The highest BCUT2D eigenvalue weighted by Gasteiger charge is 2.51. The number of hydrogen-bond donors (Lipinski definition) is 0. The third kappa shape index (κ3) is 4.45. The number of alkyl halides is 1. The lowest BCUT2D eigenvalue weighted by atomic mass is 9.94. The molecular weight excluding hydrogens is 622 g/mol. The molecule has 4 fully saturated rings. The minimum atomic E-state index is -1.03. The van der Waals surface area contributed by atoms with Crippen molar-refractivity contribution in [2.75, 3.05) is 37.7 Å². The summed E-state index contributed by atoms with van der Waals surface area (Å²) >= 11 is 6.53. The standard InChI is InChI=1S/C34H30ClF4N5O2/c1-18(36)32(45)43-12-9-25-26(43)16-44(25)31-22-13-24(38)28(21-7-2-5-19-6-3-8-23(35)27(19)21)29(39)30(22)40-33(41-31)46-17-34-10-4-11-42(34)15-20(37)14-34/h2-3,5-8,13,20,25-26H,1,4,9-12,14-17H2/t20-,25?,26-,34+/m1/s1. The summed E-state index contributed by atoms with van der Waals surface area (Å²) in [5.74, 6) is -3.25. The molecule has 4 atom stereocenters. The molecule has 0 N–H and O–H groups in total. The summed E-state index contributed by atoms with van der Waals surface area (Å²) in [5, 5.41) is 1.72. The predicted molar refractivity (Wildman–Crippen MR) is 167 cm³/mol. The SMILES string of the molecule is C=C(F)C(=O)N1CCC2[C@H]1CN2c1nc(OC[C@@]23CCCN2C[C@H](F)C3)nc2c(F)c(-c3cccc4cccc(Cl)c34)c(F)cc12. The van der Waals surface area contributed by atoms with E-state index in [0.717, 1.165) is 24.8 Å². The minimum Gasteiger partial charge on any atom is -0.461 e. The average molecular weight is 652 g/mol. The Hall–Kier alpha value is -3.96. The van der Waals surface area contributed by atoms with E-state index in [1.165, 1.54) is 11.0 Å². The number of halogens is 5. The zero-order valence-corrected chi connectivity index (χ0v) is 25.5. The molecule has 1 unspecified atom stereocenters. The molecule has 7 nitrogen and oxygen atoms in total. The summed E-state index contributed by atoms with van der Waals surface area (Å²) < 4.78 is 67.2. The number of ether oxygens (including phenoxy) is 1. The van der Waals surface area contributed by atoms with Crippen LogP contribution in [-0.2, 0) is 4.79 Å². The van der Waals surface area contributed by atoms with Crippen molar-refractivity contribution >= 4 is 45.0 Å². The molecule has 4 aliphatic heterocycles. The number of amides is 1. The van der Waals surface area contributed by atoms with Gasteiger partial charge in [0.1, 0.15) is 29.9 Å². The van der Waals surface area contributed by atoms with Gasteiger partial charge in [0.05, 0.1) is 23.2 Å². The van der Waals surface area contributed by atoms with E-state index in [0.29, 0.717) is 36.3 Å². The first-order chi connectivity index (χ1) is 22.1. The van der Waals surface area contributed by atoms with E-state index in [1.807, 2.05) is 17.0 Å². The summed E-state index contributed by atoms with van der Waals surface area (Å²) in [5.41, 5.74) is -0.627. The van der Waals surface area contributed by atoms with Crippen LogP contribution in [0.1, 0.15) is 25.7 Å². The van der Waals surface area contributed by atoms with Crippen LogP contribution in [0.5, 0.6) is 6.01 Å². The van der Waals surface area contributed by atoms with Crippen molar-refractivity contribution in [1.82, 2.24) is 19.8 Å². The first kappa shape index (κ1) is 29.4. The Bertz CT molecular complexity index is 1940. The highest BCUT2D eigenvalue weighted by molar-refractivity contribution is 6.36. The van der Waals surface area contributed by atoms with Crippen LogP contribution in [0.3, 0.4) is 0 Å². The molecule has 0 saturated carbocycles. The van der Waals surface area contributed by atoms with Crippen LogP contribution in [0.25, 0.3) is 32.8 Å². The van der Waals surface area contributed by atoms with Crippen LogP contribution in [0.15, 0.2) is 54.9 Å². The Kier molecular flexibility index (Phi) is 6.91. The Labute approximate surface area is 267 Å². The summed E-state index contributed by atoms with van der Waals surface area (Å²) in [7, 11) is 0. The Morgan fingerprint density at radius 1 is 1.11 bits per heavy atom. The Morgan fingerprint density at radius 2 is 1.91 bits per heavy atom. The molecule has 8 rings (SSSR count). The molecule has 4 aliphatic rings. The smallest absolute Gasteiger partial charge is 0.319 e. The number of aromatic nitrogens is 2. The van der Waals surface area contributed by atoms with Gasteiger partial charge in [0.15, 0.2) is 11.6 Å². The number of rotatable bonds is 6. The molecule has 3 aromatic carbocycles. The molecular formula is C34H30ClF4N5O2. The second-order valence-corrected chi connectivity index (χ2v) is 13.2. The van der Waals surface area contributed by atoms with Crippen molar-refractivity contribution in [3.05, 3.63) is 71.5 Å². The van der Waals surface area contributed by atoms with Crippen LogP contribution >= 0.6 is 11.6 Å². The lowest BCUT2D eigenvalue weighted by Crippen LogP contribution is -2.63. The van der Waals surface area contributed by atoms with Gasteiger partial charge in [0.25, 0.3) is 5.91 Å². The van der Waals surface area contributed by atoms with Crippen molar-refractivity contribution < 1.29 is 27.1 Å². The monoisotopic (exact) mass is 651 g/mol. The van der Waals surface area contributed by atoms with Gasteiger partial charge in [-0.3, -0.25) is 9.69 Å². The highest BCUT2D eigenvalue weighted by Crippen LogP contribution is 2.44. The summed E-state index contributed by atoms with van der Waals surface area (Å²) in [4.78, 5) is 26.9. The second kappa shape index (κ2) is 10.8. The van der Waals surface area contributed by atoms with Gasteiger partial charge >= 0.3 is 6.01 Å². The molecule has 46 heavy (non-hydrogen) atoms. The number of carbonyl (C=O) groups is 1. The Morgan fingerprint density at radius 3 is 2.72 bits per heavy atom. The van der Waals surface area contributed by atoms with Crippen molar-refractivity contribution in [2.24, 2.45) is 0 Å². The minimum absolute atomic E-state index is 0.107. The van der Waals surface area contributed by atoms with Crippen LogP contribution in [0.2, 0.25) is 5.02 Å². The fraction of sp³-hybridized carbons (Fsp3) is 0.382. The van der Waals surface area contributed by atoms with Crippen LogP contribution < -0.4 is 9.64 Å². The van der Waals surface area contributed by atoms with E-state index in [-0.39, 0.29) is 59.1 Å². The van der Waals surface area contributed by atoms with Crippen LogP contribution in [0.4, 0.5) is 23.4 Å². The third-order valence-electron chi connectivity index (χ3n) is 10.3. The molecule has 0 bridgehead atoms. The highest BCUT2D eigenvalue weighted by atomic mass is 35.5. The van der Waals surface area contributed by atoms with E-state index in [4.69, 9.17) is 16.3 Å². The number of fused-ring (bicyclic) bond motifs is 4. The van der Waals surface area contributed by atoms with Gasteiger partial charge in [-0.25, -0.2) is 17.6 Å². The largest absolute Gasteiger partial charge is 0.461 e. The zero-order valence-electron chi connectivity index (χ0n) is 24.8. The van der Waals surface area contributed by atoms with Crippen molar-refractivity contribution in [2.45, 2.75) is 49.5 Å². The molecule has 12 heteroatoms. The maximum atomic E-state index is 16.7. The summed E-state index contributed by atoms with van der Waals surface area (Å²) in [6.45, 7) is 4.98.